The van der Waals surface area contributed by atoms with Crippen molar-refractivity contribution < 1.29 is 19.4 Å². The molecule has 0 bridgehead atoms. The predicted molar refractivity (Wildman–Crippen MR) is 132 cm³/mol. The summed E-state index contributed by atoms with van der Waals surface area (Å²) in [7, 11) is 0. The Morgan fingerprint density at radius 2 is 1.76 bits per heavy atom. The number of aliphatic hydroxyl groups is 1. The van der Waals surface area contributed by atoms with Gasteiger partial charge in [0.15, 0.2) is 17.6 Å². The van der Waals surface area contributed by atoms with E-state index in [0.29, 0.717) is 46.7 Å². The van der Waals surface area contributed by atoms with E-state index < -0.39 is 6.10 Å². The summed E-state index contributed by atoms with van der Waals surface area (Å²) in [6, 6.07) is 18.5. The van der Waals surface area contributed by atoms with E-state index in [2.05, 4.69) is 4.90 Å². The number of halogens is 2. The van der Waals surface area contributed by atoms with Gasteiger partial charge in [0.05, 0.1) is 16.8 Å². The van der Waals surface area contributed by atoms with Gasteiger partial charge in [-0.25, -0.2) is 0 Å². The highest BCUT2D eigenvalue weighted by Gasteiger charge is 2.34. The third kappa shape index (κ3) is 4.41. The number of carbonyl (C=O) groups is 1. The van der Waals surface area contributed by atoms with Crippen LogP contribution >= 0.6 is 23.2 Å². The number of aryl methyl sites for hydroxylation is 1. The molecule has 5 rings (SSSR count). The van der Waals surface area contributed by atoms with Crippen LogP contribution in [0.1, 0.15) is 28.8 Å². The molecule has 3 aromatic rings. The van der Waals surface area contributed by atoms with Crippen molar-refractivity contribution in [3.63, 3.8) is 0 Å². The fourth-order valence-electron chi connectivity index (χ4n) is 4.49. The summed E-state index contributed by atoms with van der Waals surface area (Å²) in [6.45, 7) is 3.55. The van der Waals surface area contributed by atoms with Gasteiger partial charge in [0.25, 0.3) is 5.91 Å². The number of ether oxygens (including phenoxy) is 2. The number of hydrogen-bond acceptors (Lipinski definition) is 5. The Balaban J connectivity index is 1.42. The maximum Gasteiger partial charge on any atom is 0.256 e. The van der Waals surface area contributed by atoms with Crippen molar-refractivity contribution in [1.82, 2.24) is 4.90 Å². The maximum absolute atomic E-state index is 13.3. The standard InChI is InChI=1S/C26H24Cl2N2O4/c1-16-2-8-21(20(28)12-16)30-11-10-29(14-22(30)17-3-6-19(27)7-4-17)26(32)25(31)18-5-9-23-24(13-18)34-15-33-23/h2-9,12-13,22,25,31H,10-11,14-15H2,1H3. The third-order valence-electron chi connectivity index (χ3n) is 6.31. The van der Waals surface area contributed by atoms with Gasteiger partial charge in [-0.1, -0.05) is 47.5 Å². The number of carbonyl (C=O) groups excluding carboxylic acids is 1. The number of fused-ring (bicyclic) bond motifs is 1. The van der Waals surface area contributed by atoms with Gasteiger partial charge in [-0.2, -0.15) is 0 Å². The Morgan fingerprint density at radius 3 is 2.53 bits per heavy atom. The molecule has 2 aliphatic heterocycles. The van der Waals surface area contributed by atoms with E-state index in [1.165, 1.54) is 0 Å². The first-order valence-corrected chi connectivity index (χ1v) is 11.8. The molecule has 3 aromatic carbocycles. The average molecular weight is 499 g/mol. The Labute approximate surface area is 208 Å². The van der Waals surface area contributed by atoms with E-state index >= 15 is 0 Å². The molecule has 8 heteroatoms. The summed E-state index contributed by atoms with van der Waals surface area (Å²) in [5, 5.41) is 12.2. The number of aliphatic hydroxyl groups excluding tert-OH is 1. The topological polar surface area (TPSA) is 62.2 Å². The molecule has 176 valence electrons. The molecule has 1 fully saturated rings. The molecule has 0 radical (unpaired) electrons. The van der Waals surface area contributed by atoms with Crippen LogP contribution in [-0.2, 0) is 4.79 Å². The molecule has 2 atom stereocenters. The molecule has 6 nitrogen and oxygen atoms in total. The molecule has 1 N–H and O–H groups in total. The normalized spacial score (nSPS) is 18.2. The van der Waals surface area contributed by atoms with Crippen molar-refractivity contribution in [2.45, 2.75) is 19.1 Å². The minimum absolute atomic E-state index is 0.134. The lowest BCUT2D eigenvalue weighted by Gasteiger charge is -2.44. The quantitative estimate of drug-likeness (QED) is 0.538. The molecular weight excluding hydrogens is 475 g/mol. The molecule has 1 saturated heterocycles. The lowest BCUT2D eigenvalue weighted by atomic mass is 9.99. The largest absolute Gasteiger partial charge is 0.454 e. The Kier molecular flexibility index (Phi) is 6.30. The number of anilines is 1. The van der Waals surface area contributed by atoms with Crippen LogP contribution in [0.3, 0.4) is 0 Å². The Morgan fingerprint density at radius 1 is 1.00 bits per heavy atom. The van der Waals surface area contributed by atoms with Crippen molar-refractivity contribution in [2.75, 3.05) is 31.3 Å². The van der Waals surface area contributed by atoms with Crippen LogP contribution in [0.4, 0.5) is 5.69 Å². The van der Waals surface area contributed by atoms with E-state index in [1.807, 2.05) is 49.4 Å². The molecule has 34 heavy (non-hydrogen) atoms. The molecule has 0 spiro atoms. The number of amides is 1. The van der Waals surface area contributed by atoms with Gasteiger partial charge >= 0.3 is 0 Å². The van der Waals surface area contributed by atoms with Crippen molar-refractivity contribution in [2.24, 2.45) is 0 Å². The first-order chi connectivity index (χ1) is 16.4. The number of nitrogens with zero attached hydrogens (tertiary/aromatic N) is 2. The summed E-state index contributed by atoms with van der Waals surface area (Å²) in [6.07, 6.45) is -1.30. The van der Waals surface area contributed by atoms with E-state index in [-0.39, 0.29) is 18.7 Å². The second kappa shape index (κ2) is 9.37. The molecule has 2 heterocycles. The van der Waals surface area contributed by atoms with Crippen LogP contribution in [0.25, 0.3) is 0 Å². The molecule has 2 aliphatic rings. The van der Waals surface area contributed by atoms with E-state index in [1.54, 1.807) is 23.1 Å². The fraction of sp³-hybridized carbons (Fsp3) is 0.269. The van der Waals surface area contributed by atoms with Crippen LogP contribution in [0, 0.1) is 6.92 Å². The SMILES string of the molecule is Cc1ccc(N2CCN(C(=O)C(O)c3ccc4c(c3)OCO4)CC2c2ccc(Cl)cc2)c(Cl)c1. The second-order valence-electron chi connectivity index (χ2n) is 8.52. The van der Waals surface area contributed by atoms with Gasteiger partial charge in [0.1, 0.15) is 0 Å². The monoisotopic (exact) mass is 498 g/mol. The van der Waals surface area contributed by atoms with Crippen molar-refractivity contribution >= 4 is 34.8 Å². The van der Waals surface area contributed by atoms with E-state index in [0.717, 1.165) is 16.8 Å². The summed E-state index contributed by atoms with van der Waals surface area (Å²) >= 11 is 12.7. The lowest BCUT2D eigenvalue weighted by molar-refractivity contribution is -0.141. The summed E-state index contributed by atoms with van der Waals surface area (Å²) in [4.78, 5) is 17.2. The van der Waals surface area contributed by atoms with Gasteiger partial charge in [0.2, 0.25) is 6.79 Å². The van der Waals surface area contributed by atoms with Crippen LogP contribution in [0.15, 0.2) is 60.7 Å². The highest BCUT2D eigenvalue weighted by Crippen LogP contribution is 2.38. The van der Waals surface area contributed by atoms with Gasteiger partial charge in [0, 0.05) is 24.7 Å². The van der Waals surface area contributed by atoms with Crippen LogP contribution in [0.2, 0.25) is 10.0 Å². The third-order valence-corrected chi connectivity index (χ3v) is 6.86. The second-order valence-corrected chi connectivity index (χ2v) is 9.36. The molecule has 0 saturated carbocycles. The molecular formula is C26H24Cl2N2O4. The van der Waals surface area contributed by atoms with Crippen molar-refractivity contribution in [1.29, 1.82) is 0 Å². The predicted octanol–water partition coefficient (Wildman–Crippen LogP) is 5.15. The molecule has 1 amide bonds. The molecule has 0 aliphatic carbocycles. The van der Waals surface area contributed by atoms with Crippen LogP contribution in [0.5, 0.6) is 11.5 Å². The maximum atomic E-state index is 13.3. The number of piperazine rings is 1. The zero-order chi connectivity index (χ0) is 23.8. The zero-order valence-corrected chi connectivity index (χ0v) is 20.1. The number of benzene rings is 3. The van der Waals surface area contributed by atoms with Gasteiger partial charge in [-0.3, -0.25) is 4.79 Å². The van der Waals surface area contributed by atoms with Crippen molar-refractivity contribution in [3.05, 3.63) is 87.4 Å². The first kappa shape index (κ1) is 22.8. The Hall–Kier alpha value is -2.93. The smallest absolute Gasteiger partial charge is 0.256 e. The molecule has 0 aromatic heterocycles. The fourth-order valence-corrected chi connectivity index (χ4v) is 4.95. The number of hydrogen-bond donors (Lipinski definition) is 1. The van der Waals surface area contributed by atoms with Gasteiger partial charge in [-0.15, -0.1) is 0 Å². The van der Waals surface area contributed by atoms with Crippen LogP contribution in [-0.4, -0.2) is 42.3 Å². The highest BCUT2D eigenvalue weighted by molar-refractivity contribution is 6.33. The average Bonchev–Trinajstić information content (AvgIpc) is 3.31. The number of rotatable bonds is 4. The van der Waals surface area contributed by atoms with Crippen LogP contribution < -0.4 is 14.4 Å². The zero-order valence-electron chi connectivity index (χ0n) is 18.6. The van der Waals surface area contributed by atoms with E-state index in [9.17, 15) is 9.90 Å². The van der Waals surface area contributed by atoms with Gasteiger partial charge in [-0.05, 0) is 60.0 Å². The lowest BCUT2D eigenvalue weighted by Crippen LogP contribution is -2.51. The summed E-state index contributed by atoms with van der Waals surface area (Å²) in [5.41, 5.74) is 3.48. The van der Waals surface area contributed by atoms with E-state index in [4.69, 9.17) is 32.7 Å². The summed E-state index contributed by atoms with van der Waals surface area (Å²) in [5.74, 6) is 0.782. The first-order valence-electron chi connectivity index (χ1n) is 11.1. The minimum atomic E-state index is -1.30. The highest BCUT2D eigenvalue weighted by atomic mass is 35.5. The minimum Gasteiger partial charge on any atom is -0.454 e. The summed E-state index contributed by atoms with van der Waals surface area (Å²) < 4.78 is 10.7. The molecule has 2 unspecified atom stereocenters. The van der Waals surface area contributed by atoms with Crippen molar-refractivity contribution in [3.8, 4) is 11.5 Å². The van der Waals surface area contributed by atoms with Gasteiger partial charge < -0.3 is 24.4 Å². The Bertz CT molecular complexity index is 1220.